The quantitative estimate of drug-likeness (QED) is 0.409. The van der Waals surface area contributed by atoms with Crippen molar-refractivity contribution in [2.24, 2.45) is 0 Å². The largest absolute Gasteiger partial charge is 0.457 e. The van der Waals surface area contributed by atoms with Crippen LogP contribution in [0, 0.1) is 0 Å². The van der Waals surface area contributed by atoms with Crippen molar-refractivity contribution in [3.8, 4) is 11.5 Å². The van der Waals surface area contributed by atoms with E-state index in [4.69, 9.17) is 4.74 Å². The van der Waals surface area contributed by atoms with E-state index >= 15 is 0 Å². The van der Waals surface area contributed by atoms with Crippen LogP contribution < -0.4 is 10.1 Å². The number of ether oxygens (including phenoxy) is 1. The maximum absolute atomic E-state index is 13.4. The van der Waals surface area contributed by atoms with Crippen LogP contribution in [0.1, 0.15) is 40.9 Å². The van der Waals surface area contributed by atoms with Gasteiger partial charge in [-0.25, -0.2) is 0 Å². The molecule has 0 radical (unpaired) electrons. The SMILES string of the molecule is CCC(=O)c1cccc(CNC(c2cccc(Oc3ccccc3)c2)C(O)C(F)(F)F)c1. The van der Waals surface area contributed by atoms with Crippen molar-refractivity contribution >= 4 is 5.78 Å². The molecule has 3 rings (SSSR count). The Hall–Kier alpha value is -3.16. The van der Waals surface area contributed by atoms with Crippen LogP contribution in [0.25, 0.3) is 0 Å². The Morgan fingerprint density at radius 1 is 0.969 bits per heavy atom. The summed E-state index contributed by atoms with van der Waals surface area (Å²) in [4.78, 5) is 11.9. The van der Waals surface area contributed by atoms with E-state index in [0.717, 1.165) is 0 Å². The summed E-state index contributed by atoms with van der Waals surface area (Å²) in [6, 6.07) is 20.3. The number of nitrogens with one attached hydrogen (secondary N) is 1. The average Bonchev–Trinajstić information content (AvgIpc) is 2.79. The number of aliphatic hydroxyl groups excluding tert-OH is 1. The number of carbonyl (C=O) groups is 1. The molecule has 0 aliphatic heterocycles. The smallest absolute Gasteiger partial charge is 0.416 e. The molecule has 0 fully saturated rings. The third kappa shape index (κ3) is 6.18. The molecule has 0 bridgehead atoms. The second-order valence-electron chi connectivity index (χ2n) is 7.31. The highest BCUT2D eigenvalue weighted by molar-refractivity contribution is 5.95. The predicted octanol–water partition coefficient (Wildman–Crippen LogP) is 5.83. The first kappa shape index (κ1) is 23.5. The van der Waals surface area contributed by atoms with E-state index < -0.39 is 18.3 Å². The van der Waals surface area contributed by atoms with Crippen LogP contribution in [0.4, 0.5) is 13.2 Å². The van der Waals surface area contributed by atoms with Gasteiger partial charge in [0.15, 0.2) is 11.9 Å². The van der Waals surface area contributed by atoms with Crippen LogP contribution in [0.2, 0.25) is 0 Å². The van der Waals surface area contributed by atoms with E-state index in [0.29, 0.717) is 29.0 Å². The van der Waals surface area contributed by atoms with Gasteiger partial charge in [-0.05, 0) is 41.5 Å². The summed E-state index contributed by atoms with van der Waals surface area (Å²) in [5.41, 5.74) is 1.36. The van der Waals surface area contributed by atoms with Crippen LogP contribution in [-0.2, 0) is 6.54 Å². The van der Waals surface area contributed by atoms with Gasteiger partial charge < -0.3 is 15.2 Å². The fraction of sp³-hybridized carbons (Fsp3) is 0.240. The first-order valence-corrected chi connectivity index (χ1v) is 10.2. The molecule has 0 heterocycles. The number of carbonyl (C=O) groups excluding carboxylic acids is 1. The van der Waals surface area contributed by atoms with E-state index in [2.05, 4.69) is 5.32 Å². The molecule has 0 aromatic heterocycles. The number of Topliss-reactive ketones (excluding diaryl/α,β-unsaturated/α-hetero) is 1. The molecule has 0 saturated heterocycles. The van der Waals surface area contributed by atoms with Gasteiger partial charge in [0.05, 0.1) is 6.04 Å². The molecule has 2 unspecified atom stereocenters. The number of benzene rings is 3. The molecule has 4 nitrogen and oxygen atoms in total. The van der Waals surface area contributed by atoms with E-state index in [1.54, 1.807) is 67.6 Å². The number of para-hydroxylation sites is 1. The van der Waals surface area contributed by atoms with Gasteiger partial charge in [0.25, 0.3) is 0 Å². The Morgan fingerprint density at radius 3 is 2.34 bits per heavy atom. The topological polar surface area (TPSA) is 58.6 Å². The van der Waals surface area contributed by atoms with Gasteiger partial charge in [-0.2, -0.15) is 13.2 Å². The normalized spacial score (nSPS) is 13.4. The minimum absolute atomic E-state index is 0.0341. The van der Waals surface area contributed by atoms with Gasteiger partial charge in [-0.15, -0.1) is 0 Å². The summed E-state index contributed by atoms with van der Waals surface area (Å²) in [7, 11) is 0. The van der Waals surface area contributed by atoms with Crippen molar-refractivity contribution in [3.63, 3.8) is 0 Å². The van der Waals surface area contributed by atoms with E-state index in [1.807, 2.05) is 6.07 Å². The van der Waals surface area contributed by atoms with Crippen molar-refractivity contribution in [2.45, 2.75) is 38.2 Å². The van der Waals surface area contributed by atoms with Gasteiger partial charge in [0, 0.05) is 18.5 Å². The first-order chi connectivity index (χ1) is 15.3. The monoisotopic (exact) mass is 443 g/mol. The second-order valence-corrected chi connectivity index (χ2v) is 7.31. The number of halogens is 3. The van der Waals surface area contributed by atoms with Crippen LogP contribution in [0.3, 0.4) is 0 Å². The maximum Gasteiger partial charge on any atom is 0.416 e. The van der Waals surface area contributed by atoms with E-state index in [-0.39, 0.29) is 17.9 Å². The van der Waals surface area contributed by atoms with Crippen molar-refractivity contribution in [3.05, 3.63) is 95.6 Å². The summed E-state index contributed by atoms with van der Waals surface area (Å²) in [5, 5.41) is 12.9. The van der Waals surface area contributed by atoms with Crippen LogP contribution in [0.5, 0.6) is 11.5 Å². The zero-order chi connectivity index (χ0) is 23.1. The van der Waals surface area contributed by atoms with Gasteiger partial charge >= 0.3 is 6.18 Å². The van der Waals surface area contributed by atoms with Crippen molar-refractivity contribution < 1.29 is 27.8 Å². The number of ketones is 1. The molecule has 3 aromatic rings. The lowest BCUT2D eigenvalue weighted by Gasteiger charge is -2.27. The molecular weight excluding hydrogens is 419 g/mol. The van der Waals surface area contributed by atoms with Gasteiger partial charge in [-0.1, -0.05) is 55.5 Å². The zero-order valence-corrected chi connectivity index (χ0v) is 17.5. The lowest BCUT2D eigenvalue weighted by molar-refractivity contribution is -0.213. The molecule has 2 N–H and O–H groups in total. The molecule has 2 atom stereocenters. The fourth-order valence-electron chi connectivity index (χ4n) is 3.28. The minimum atomic E-state index is -4.83. The van der Waals surface area contributed by atoms with Crippen LogP contribution >= 0.6 is 0 Å². The summed E-state index contributed by atoms with van der Waals surface area (Å²) in [5.74, 6) is 0.845. The van der Waals surface area contributed by atoms with E-state index in [9.17, 15) is 23.1 Å². The highest BCUT2D eigenvalue weighted by atomic mass is 19.4. The number of hydrogen-bond acceptors (Lipinski definition) is 4. The Morgan fingerprint density at radius 2 is 1.66 bits per heavy atom. The lowest BCUT2D eigenvalue weighted by Crippen LogP contribution is -2.41. The molecule has 3 aromatic carbocycles. The number of rotatable bonds is 9. The Labute approximate surface area is 184 Å². The molecule has 0 spiro atoms. The third-order valence-corrected chi connectivity index (χ3v) is 4.94. The van der Waals surface area contributed by atoms with E-state index in [1.165, 1.54) is 12.1 Å². The summed E-state index contributed by atoms with van der Waals surface area (Å²) < 4.78 is 45.9. The second kappa shape index (κ2) is 10.4. The molecule has 7 heteroatoms. The summed E-state index contributed by atoms with van der Waals surface area (Å²) in [6.07, 6.45) is -7.12. The standard InChI is InChI=1S/C25H24F3NO3/c1-2-22(30)18-9-6-8-17(14-18)16-29-23(24(31)25(26,27)28)19-10-7-13-21(15-19)32-20-11-4-3-5-12-20/h3-15,23-24,29,31H,2,16H2,1H3. The molecule has 0 amide bonds. The Balaban J connectivity index is 1.84. The molecule has 0 aliphatic carbocycles. The molecular formula is C25H24F3NO3. The number of aliphatic hydroxyl groups is 1. The highest BCUT2D eigenvalue weighted by Crippen LogP contribution is 2.33. The Kier molecular flexibility index (Phi) is 7.66. The van der Waals surface area contributed by atoms with Crippen molar-refractivity contribution in [1.82, 2.24) is 5.32 Å². The number of hydrogen-bond donors (Lipinski definition) is 2. The predicted molar refractivity (Wildman–Crippen MR) is 116 cm³/mol. The van der Waals surface area contributed by atoms with Crippen molar-refractivity contribution in [1.29, 1.82) is 0 Å². The fourth-order valence-corrected chi connectivity index (χ4v) is 3.28. The minimum Gasteiger partial charge on any atom is -0.457 e. The van der Waals surface area contributed by atoms with Gasteiger partial charge in [0.2, 0.25) is 0 Å². The maximum atomic E-state index is 13.4. The highest BCUT2D eigenvalue weighted by Gasteiger charge is 2.44. The lowest BCUT2D eigenvalue weighted by atomic mass is 9.99. The first-order valence-electron chi connectivity index (χ1n) is 10.2. The van der Waals surface area contributed by atoms with Gasteiger partial charge in [-0.3, -0.25) is 4.79 Å². The summed E-state index contributed by atoms with van der Waals surface area (Å²) in [6.45, 7) is 1.78. The molecule has 0 saturated carbocycles. The Bertz CT molecular complexity index is 1040. The number of alkyl halides is 3. The van der Waals surface area contributed by atoms with Crippen molar-refractivity contribution in [2.75, 3.05) is 0 Å². The molecule has 32 heavy (non-hydrogen) atoms. The van der Waals surface area contributed by atoms with Crippen LogP contribution in [0.15, 0.2) is 78.9 Å². The molecule has 168 valence electrons. The van der Waals surface area contributed by atoms with Crippen LogP contribution in [-0.4, -0.2) is 23.2 Å². The average molecular weight is 443 g/mol. The zero-order valence-electron chi connectivity index (χ0n) is 17.5. The summed E-state index contributed by atoms with van der Waals surface area (Å²) >= 11 is 0. The molecule has 0 aliphatic rings. The van der Waals surface area contributed by atoms with Gasteiger partial charge in [0.1, 0.15) is 11.5 Å². The third-order valence-electron chi connectivity index (χ3n) is 4.94.